The van der Waals surface area contributed by atoms with Crippen LogP contribution in [0.1, 0.15) is 11.4 Å². The highest BCUT2D eigenvalue weighted by atomic mass is 35.5. The Kier molecular flexibility index (Phi) is 3.53. The molecule has 0 bridgehead atoms. The molecule has 5 heteroatoms. The molecule has 2 aromatic rings. The molecule has 0 radical (unpaired) electrons. The van der Waals surface area contributed by atoms with Gasteiger partial charge < -0.3 is 5.32 Å². The molecule has 0 aliphatic rings. The van der Waals surface area contributed by atoms with Crippen molar-refractivity contribution in [3.05, 3.63) is 53.1 Å². The predicted molar refractivity (Wildman–Crippen MR) is 65.5 cm³/mol. The van der Waals surface area contributed by atoms with Gasteiger partial charge in [-0.15, -0.1) is 0 Å². The molecule has 1 aromatic carbocycles. The van der Waals surface area contributed by atoms with Gasteiger partial charge in [0.2, 0.25) is 0 Å². The fourth-order valence-electron chi connectivity index (χ4n) is 1.32. The molecule has 4 nitrogen and oxygen atoms in total. The molecule has 17 heavy (non-hydrogen) atoms. The van der Waals surface area contributed by atoms with Crippen molar-refractivity contribution >= 4 is 17.3 Å². The Morgan fingerprint density at radius 1 is 1.29 bits per heavy atom. The summed E-state index contributed by atoms with van der Waals surface area (Å²) in [5, 5.41) is 12.3. The molecule has 0 aliphatic heterocycles. The lowest BCUT2D eigenvalue weighted by molar-refractivity contribution is 0.948. The Morgan fingerprint density at radius 3 is 2.71 bits per heavy atom. The molecule has 1 aromatic heterocycles. The van der Waals surface area contributed by atoms with Crippen LogP contribution in [0.2, 0.25) is 5.02 Å². The van der Waals surface area contributed by atoms with E-state index in [9.17, 15) is 0 Å². The van der Waals surface area contributed by atoms with Crippen LogP contribution in [0.3, 0.4) is 0 Å². The second kappa shape index (κ2) is 5.28. The Hall–Kier alpha value is -2.12. The van der Waals surface area contributed by atoms with Gasteiger partial charge in [0.1, 0.15) is 5.82 Å². The SMILES string of the molecule is N#Cc1ccc(NCc2ncccn2)c(Cl)c1. The van der Waals surface area contributed by atoms with E-state index in [2.05, 4.69) is 15.3 Å². The third-order valence-corrected chi connectivity index (χ3v) is 2.47. The minimum Gasteiger partial charge on any atom is -0.377 e. The van der Waals surface area contributed by atoms with Crippen LogP contribution < -0.4 is 5.32 Å². The molecule has 1 N–H and O–H groups in total. The molecular formula is C12H9ClN4. The van der Waals surface area contributed by atoms with E-state index in [4.69, 9.17) is 16.9 Å². The Morgan fingerprint density at radius 2 is 2.06 bits per heavy atom. The molecule has 1 heterocycles. The van der Waals surface area contributed by atoms with Crippen LogP contribution in [0, 0.1) is 11.3 Å². The van der Waals surface area contributed by atoms with Crippen molar-refractivity contribution in [2.45, 2.75) is 6.54 Å². The lowest BCUT2D eigenvalue weighted by Crippen LogP contribution is -2.03. The first kappa shape index (κ1) is 11.4. The van der Waals surface area contributed by atoms with Crippen molar-refractivity contribution in [1.82, 2.24) is 9.97 Å². The minimum atomic E-state index is 0.493. The van der Waals surface area contributed by atoms with Crippen LogP contribution in [-0.2, 0) is 6.54 Å². The molecule has 0 spiro atoms. The summed E-state index contributed by atoms with van der Waals surface area (Å²) >= 11 is 6.02. The van der Waals surface area contributed by atoms with E-state index < -0.39 is 0 Å². The van der Waals surface area contributed by atoms with E-state index in [0.29, 0.717) is 23.0 Å². The van der Waals surface area contributed by atoms with Gasteiger partial charge in [0.05, 0.1) is 28.9 Å². The molecular weight excluding hydrogens is 236 g/mol. The van der Waals surface area contributed by atoms with Crippen LogP contribution in [0.4, 0.5) is 5.69 Å². The first-order valence-corrected chi connectivity index (χ1v) is 5.37. The third kappa shape index (κ3) is 2.92. The largest absolute Gasteiger partial charge is 0.377 e. The van der Waals surface area contributed by atoms with Crippen molar-refractivity contribution in [2.24, 2.45) is 0 Å². The van der Waals surface area contributed by atoms with E-state index in [-0.39, 0.29) is 0 Å². The highest BCUT2D eigenvalue weighted by molar-refractivity contribution is 6.33. The average molecular weight is 245 g/mol. The van der Waals surface area contributed by atoms with Gasteiger partial charge in [-0.2, -0.15) is 5.26 Å². The standard InChI is InChI=1S/C12H9ClN4/c13-10-6-9(7-14)2-3-11(10)17-8-12-15-4-1-5-16-12/h1-6,17H,8H2. The van der Waals surface area contributed by atoms with Gasteiger partial charge >= 0.3 is 0 Å². The number of aromatic nitrogens is 2. The number of hydrogen-bond acceptors (Lipinski definition) is 4. The number of anilines is 1. The van der Waals surface area contributed by atoms with Crippen LogP contribution in [0.15, 0.2) is 36.7 Å². The number of benzene rings is 1. The van der Waals surface area contributed by atoms with Crippen LogP contribution in [0.25, 0.3) is 0 Å². The van der Waals surface area contributed by atoms with Gasteiger partial charge in [-0.25, -0.2) is 9.97 Å². The zero-order valence-electron chi connectivity index (χ0n) is 8.89. The molecule has 0 unspecified atom stereocenters. The summed E-state index contributed by atoms with van der Waals surface area (Å²) in [6.45, 7) is 0.493. The zero-order valence-corrected chi connectivity index (χ0v) is 9.65. The van der Waals surface area contributed by atoms with E-state index in [1.807, 2.05) is 6.07 Å². The monoisotopic (exact) mass is 244 g/mol. The van der Waals surface area contributed by atoms with Gasteiger partial charge in [-0.1, -0.05) is 11.6 Å². The highest BCUT2D eigenvalue weighted by Gasteiger charge is 2.02. The molecule has 0 fully saturated rings. The first-order chi connectivity index (χ1) is 8.29. The normalized spacial score (nSPS) is 9.65. The fraction of sp³-hybridized carbons (Fsp3) is 0.0833. The number of rotatable bonds is 3. The van der Waals surface area contributed by atoms with Crippen molar-refractivity contribution in [1.29, 1.82) is 5.26 Å². The minimum absolute atomic E-state index is 0.493. The maximum atomic E-state index is 8.71. The fourth-order valence-corrected chi connectivity index (χ4v) is 1.57. The number of nitrogens with zero attached hydrogens (tertiary/aromatic N) is 3. The Bertz CT molecular complexity index is 548. The number of nitrogens with one attached hydrogen (secondary N) is 1. The second-order valence-corrected chi connectivity index (χ2v) is 3.73. The summed E-state index contributed by atoms with van der Waals surface area (Å²) in [7, 11) is 0. The third-order valence-electron chi connectivity index (χ3n) is 2.15. The highest BCUT2D eigenvalue weighted by Crippen LogP contribution is 2.22. The summed E-state index contributed by atoms with van der Waals surface area (Å²) < 4.78 is 0. The van der Waals surface area contributed by atoms with Crippen molar-refractivity contribution < 1.29 is 0 Å². The number of halogens is 1. The topological polar surface area (TPSA) is 61.6 Å². The van der Waals surface area contributed by atoms with Crippen molar-refractivity contribution in [2.75, 3.05) is 5.32 Å². The van der Waals surface area contributed by atoms with Gasteiger partial charge in [0.25, 0.3) is 0 Å². The van der Waals surface area contributed by atoms with E-state index in [1.54, 1.807) is 36.7 Å². The van der Waals surface area contributed by atoms with Crippen LogP contribution >= 0.6 is 11.6 Å². The van der Waals surface area contributed by atoms with Crippen molar-refractivity contribution in [3.63, 3.8) is 0 Å². The summed E-state index contributed by atoms with van der Waals surface area (Å²) in [6, 6.07) is 8.89. The molecule has 2 rings (SSSR count). The maximum Gasteiger partial charge on any atom is 0.147 e. The van der Waals surface area contributed by atoms with Gasteiger partial charge in [0.15, 0.2) is 0 Å². The van der Waals surface area contributed by atoms with Crippen molar-refractivity contribution in [3.8, 4) is 6.07 Å². The number of hydrogen-bond donors (Lipinski definition) is 1. The smallest absolute Gasteiger partial charge is 0.147 e. The van der Waals surface area contributed by atoms with Gasteiger partial charge in [-0.3, -0.25) is 0 Å². The quantitative estimate of drug-likeness (QED) is 0.902. The number of nitriles is 1. The molecule has 0 atom stereocenters. The molecule has 0 amide bonds. The predicted octanol–water partition coefficient (Wildman–Crippen LogP) is 2.61. The van der Waals surface area contributed by atoms with Crippen LogP contribution in [0.5, 0.6) is 0 Å². The van der Waals surface area contributed by atoms with E-state index in [1.165, 1.54) is 0 Å². The van der Waals surface area contributed by atoms with Crippen LogP contribution in [-0.4, -0.2) is 9.97 Å². The Balaban J connectivity index is 2.08. The molecule has 0 aliphatic carbocycles. The maximum absolute atomic E-state index is 8.71. The van der Waals surface area contributed by atoms with Gasteiger partial charge in [0, 0.05) is 12.4 Å². The summed E-state index contributed by atoms with van der Waals surface area (Å²) in [5.41, 5.74) is 1.30. The molecule has 0 saturated carbocycles. The van der Waals surface area contributed by atoms with E-state index >= 15 is 0 Å². The molecule has 0 saturated heterocycles. The van der Waals surface area contributed by atoms with Gasteiger partial charge in [-0.05, 0) is 24.3 Å². The lowest BCUT2D eigenvalue weighted by atomic mass is 10.2. The summed E-state index contributed by atoms with van der Waals surface area (Å²) in [4.78, 5) is 8.18. The summed E-state index contributed by atoms with van der Waals surface area (Å²) in [6.07, 6.45) is 3.37. The lowest BCUT2D eigenvalue weighted by Gasteiger charge is -2.07. The average Bonchev–Trinajstić information content (AvgIpc) is 2.38. The Labute approximate surface area is 104 Å². The zero-order chi connectivity index (χ0) is 12.1. The second-order valence-electron chi connectivity index (χ2n) is 3.33. The first-order valence-electron chi connectivity index (χ1n) is 4.99. The molecule has 84 valence electrons. The summed E-state index contributed by atoms with van der Waals surface area (Å²) in [5.74, 6) is 0.688. The van der Waals surface area contributed by atoms with E-state index in [0.717, 1.165) is 5.69 Å².